The van der Waals surface area contributed by atoms with Crippen LogP contribution >= 0.6 is 0 Å². The third-order valence-electron chi connectivity index (χ3n) is 4.59. The van der Waals surface area contributed by atoms with Crippen molar-refractivity contribution in [2.75, 3.05) is 25.0 Å². The minimum Gasteiger partial charge on any atom is -0.439 e. The summed E-state index contributed by atoms with van der Waals surface area (Å²) in [5.41, 5.74) is 2.69. The van der Waals surface area contributed by atoms with E-state index in [-0.39, 0.29) is 5.91 Å². The highest BCUT2D eigenvalue weighted by Gasteiger charge is 2.31. The second-order valence-corrected chi connectivity index (χ2v) is 6.68. The lowest BCUT2D eigenvalue weighted by molar-refractivity contribution is -0.117. The molecule has 0 saturated carbocycles. The van der Waals surface area contributed by atoms with Crippen molar-refractivity contribution in [2.45, 2.75) is 13.0 Å². The molecule has 25 heavy (non-hydrogen) atoms. The topological polar surface area (TPSA) is 49.6 Å². The molecular formula is C20H21N3O2. The summed E-state index contributed by atoms with van der Waals surface area (Å²) in [6.07, 6.45) is 0.590. The van der Waals surface area contributed by atoms with Crippen molar-refractivity contribution in [1.82, 2.24) is 9.88 Å². The Hall–Kier alpha value is -2.66. The van der Waals surface area contributed by atoms with Crippen LogP contribution in [-0.4, -0.2) is 35.9 Å². The lowest BCUT2D eigenvalue weighted by atomic mass is 10.1. The summed E-state index contributed by atoms with van der Waals surface area (Å²) < 4.78 is 5.78. The van der Waals surface area contributed by atoms with E-state index in [2.05, 4.69) is 9.88 Å². The van der Waals surface area contributed by atoms with Crippen LogP contribution in [0, 0.1) is 5.92 Å². The van der Waals surface area contributed by atoms with Crippen molar-refractivity contribution < 1.29 is 9.21 Å². The number of amides is 1. The number of nitrogens with zero attached hydrogens (tertiary/aromatic N) is 3. The number of carbonyl (C=O) groups is 1. The van der Waals surface area contributed by atoms with E-state index in [4.69, 9.17) is 4.42 Å². The Kier molecular flexibility index (Phi) is 4.24. The van der Waals surface area contributed by atoms with Gasteiger partial charge in [-0.15, -0.1) is 0 Å². The number of anilines is 1. The monoisotopic (exact) mass is 335 g/mol. The lowest BCUT2D eigenvalue weighted by Gasteiger charge is -2.20. The Labute approximate surface area is 146 Å². The van der Waals surface area contributed by atoms with Crippen LogP contribution in [0.1, 0.15) is 12.3 Å². The maximum absolute atomic E-state index is 12.3. The third kappa shape index (κ3) is 3.42. The summed E-state index contributed by atoms with van der Waals surface area (Å²) in [6, 6.07) is 17.7. The number of aromatic nitrogens is 1. The number of para-hydroxylation sites is 3. The zero-order valence-corrected chi connectivity index (χ0v) is 14.3. The molecule has 1 unspecified atom stereocenters. The molecule has 2 heterocycles. The molecule has 0 aliphatic carbocycles. The highest BCUT2D eigenvalue weighted by Crippen LogP contribution is 2.25. The smallest absolute Gasteiger partial charge is 0.227 e. The third-order valence-corrected chi connectivity index (χ3v) is 4.59. The van der Waals surface area contributed by atoms with Crippen molar-refractivity contribution >= 4 is 22.7 Å². The summed E-state index contributed by atoms with van der Waals surface area (Å²) in [4.78, 5) is 20.9. The number of carbonyl (C=O) groups excluding carboxylic acids is 1. The predicted octanol–water partition coefficient (Wildman–Crippen LogP) is 3.31. The van der Waals surface area contributed by atoms with E-state index in [0.29, 0.717) is 24.8 Å². The molecule has 4 rings (SSSR count). The lowest BCUT2D eigenvalue weighted by Crippen LogP contribution is -2.28. The Balaban J connectivity index is 1.38. The van der Waals surface area contributed by atoms with Gasteiger partial charge in [0.15, 0.2) is 5.58 Å². The number of hydrogen-bond donors (Lipinski definition) is 0. The molecular weight excluding hydrogens is 314 g/mol. The predicted molar refractivity (Wildman–Crippen MR) is 97.2 cm³/mol. The SMILES string of the molecule is CN(Cc1nc2ccccc2o1)CC1CC(=O)N(c2ccccc2)C1. The summed E-state index contributed by atoms with van der Waals surface area (Å²) in [5.74, 6) is 1.24. The van der Waals surface area contributed by atoms with Gasteiger partial charge < -0.3 is 9.32 Å². The van der Waals surface area contributed by atoms with E-state index in [1.807, 2.05) is 66.5 Å². The molecule has 1 atom stereocenters. The van der Waals surface area contributed by atoms with E-state index >= 15 is 0 Å². The molecule has 0 radical (unpaired) electrons. The second-order valence-electron chi connectivity index (χ2n) is 6.68. The van der Waals surface area contributed by atoms with Crippen LogP contribution in [0.2, 0.25) is 0 Å². The summed E-state index contributed by atoms with van der Waals surface area (Å²) in [5, 5.41) is 0. The summed E-state index contributed by atoms with van der Waals surface area (Å²) >= 11 is 0. The average molecular weight is 335 g/mol. The van der Waals surface area contributed by atoms with Gasteiger partial charge in [0.2, 0.25) is 11.8 Å². The maximum atomic E-state index is 12.3. The first-order valence-electron chi connectivity index (χ1n) is 8.57. The molecule has 0 N–H and O–H groups in total. The van der Waals surface area contributed by atoms with Crippen LogP contribution in [0.4, 0.5) is 5.69 Å². The minimum atomic E-state index is 0.200. The molecule has 2 aromatic carbocycles. The highest BCUT2D eigenvalue weighted by atomic mass is 16.3. The highest BCUT2D eigenvalue weighted by molar-refractivity contribution is 5.95. The molecule has 1 aliphatic heterocycles. The summed E-state index contributed by atoms with van der Waals surface area (Å²) in [7, 11) is 2.05. The van der Waals surface area contributed by atoms with Crippen molar-refractivity contribution in [2.24, 2.45) is 5.92 Å². The number of fused-ring (bicyclic) bond motifs is 1. The van der Waals surface area contributed by atoms with Crippen molar-refractivity contribution in [3.05, 3.63) is 60.5 Å². The molecule has 5 heteroatoms. The van der Waals surface area contributed by atoms with Crippen LogP contribution < -0.4 is 4.90 Å². The van der Waals surface area contributed by atoms with E-state index in [9.17, 15) is 4.79 Å². The van der Waals surface area contributed by atoms with E-state index in [1.165, 1.54) is 0 Å². The molecule has 1 amide bonds. The Morgan fingerprint density at radius 2 is 1.92 bits per heavy atom. The van der Waals surface area contributed by atoms with Crippen LogP contribution in [0.25, 0.3) is 11.1 Å². The molecule has 1 saturated heterocycles. The average Bonchev–Trinajstić information content (AvgIpc) is 3.18. The first-order chi connectivity index (χ1) is 12.2. The molecule has 1 aliphatic rings. The van der Waals surface area contributed by atoms with Crippen LogP contribution in [0.5, 0.6) is 0 Å². The van der Waals surface area contributed by atoms with Gasteiger partial charge in [-0.05, 0) is 37.2 Å². The summed E-state index contributed by atoms with van der Waals surface area (Å²) in [6.45, 7) is 2.25. The number of rotatable bonds is 5. The van der Waals surface area contributed by atoms with Gasteiger partial charge >= 0.3 is 0 Å². The number of hydrogen-bond acceptors (Lipinski definition) is 4. The molecule has 1 fully saturated rings. The van der Waals surface area contributed by atoms with Crippen LogP contribution in [0.15, 0.2) is 59.0 Å². The molecule has 3 aromatic rings. The number of benzene rings is 2. The Morgan fingerprint density at radius 1 is 1.16 bits per heavy atom. The first-order valence-corrected chi connectivity index (χ1v) is 8.57. The zero-order valence-electron chi connectivity index (χ0n) is 14.3. The number of oxazole rings is 1. The van der Waals surface area contributed by atoms with Crippen molar-refractivity contribution in [3.8, 4) is 0 Å². The van der Waals surface area contributed by atoms with Gasteiger partial charge in [-0.3, -0.25) is 9.69 Å². The van der Waals surface area contributed by atoms with Gasteiger partial charge in [-0.25, -0.2) is 4.98 Å². The first kappa shape index (κ1) is 15.8. The van der Waals surface area contributed by atoms with Gasteiger partial charge in [0.05, 0.1) is 6.54 Å². The molecule has 5 nitrogen and oxygen atoms in total. The van der Waals surface area contributed by atoms with E-state index in [0.717, 1.165) is 29.9 Å². The molecule has 0 spiro atoms. The Bertz CT molecular complexity index is 842. The fourth-order valence-electron chi connectivity index (χ4n) is 3.49. The zero-order chi connectivity index (χ0) is 17.2. The molecule has 0 bridgehead atoms. The minimum absolute atomic E-state index is 0.200. The Morgan fingerprint density at radius 3 is 2.72 bits per heavy atom. The molecule has 128 valence electrons. The van der Waals surface area contributed by atoms with E-state index in [1.54, 1.807) is 0 Å². The van der Waals surface area contributed by atoms with Gasteiger partial charge in [0, 0.05) is 25.2 Å². The van der Waals surface area contributed by atoms with E-state index < -0.39 is 0 Å². The van der Waals surface area contributed by atoms with Gasteiger partial charge in [-0.2, -0.15) is 0 Å². The van der Waals surface area contributed by atoms with Gasteiger partial charge in [-0.1, -0.05) is 30.3 Å². The van der Waals surface area contributed by atoms with Gasteiger partial charge in [0.25, 0.3) is 0 Å². The fourth-order valence-corrected chi connectivity index (χ4v) is 3.49. The quantitative estimate of drug-likeness (QED) is 0.718. The normalized spacial score (nSPS) is 17.8. The maximum Gasteiger partial charge on any atom is 0.227 e. The van der Waals surface area contributed by atoms with Crippen molar-refractivity contribution in [3.63, 3.8) is 0 Å². The standard InChI is InChI=1S/C20H21N3O2/c1-22(14-19-21-17-9-5-6-10-18(17)25-19)12-15-11-20(24)23(13-15)16-7-3-2-4-8-16/h2-10,15H,11-14H2,1H3. The van der Waals surface area contributed by atoms with Gasteiger partial charge in [0.1, 0.15) is 5.52 Å². The van der Waals surface area contributed by atoms with Crippen LogP contribution in [0.3, 0.4) is 0 Å². The van der Waals surface area contributed by atoms with Crippen LogP contribution in [-0.2, 0) is 11.3 Å². The largest absolute Gasteiger partial charge is 0.439 e. The second kappa shape index (κ2) is 6.69. The molecule has 1 aromatic heterocycles. The fraction of sp³-hybridized carbons (Fsp3) is 0.300. The van der Waals surface area contributed by atoms with Crippen molar-refractivity contribution in [1.29, 1.82) is 0 Å².